The predicted octanol–water partition coefficient (Wildman–Crippen LogP) is 3.75. The van der Waals surface area contributed by atoms with Gasteiger partial charge in [0.15, 0.2) is 0 Å². The highest BCUT2D eigenvalue weighted by atomic mass is 35.5. The standard InChI is InChI=1S/C21H24ClFN2O4/c1-12(2)19-17(9-8-15(26)10-16(27)11-18(28)29-3)20(25-21(22)24-19)13-4-6-14(23)7-5-13/h4-9,12,15-16,26-27H,10-11H2,1-3H3/b9-8+/t15-,16-/m1/s1. The summed E-state index contributed by atoms with van der Waals surface area (Å²) in [6, 6.07) is 5.83. The van der Waals surface area contributed by atoms with Crippen LogP contribution in [0.4, 0.5) is 4.39 Å². The van der Waals surface area contributed by atoms with E-state index < -0.39 is 18.2 Å². The first-order chi connectivity index (χ1) is 13.7. The average molecular weight is 423 g/mol. The van der Waals surface area contributed by atoms with Crippen molar-refractivity contribution in [1.29, 1.82) is 0 Å². The molecule has 0 aliphatic heterocycles. The first-order valence-corrected chi connectivity index (χ1v) is 9.53. The molecule has 2 aromatic rings. The Labute approximate surface area is 174 Å². The van der Waals surface area contributed by atoms with Gasteiger partial charge in [0.05, 0.1) is 37.1 Å². The maximum absolute atomic E-state index is 13.3. The van der Waals surface area contributed by atoms with Crippen molar-refractivity contribution in [3.05, 3.63) is 52.7 Å². The summed E-state index contributed by atoms with van der Waals surface area (Å²) in [5, 5.41) is 20.2. The van der Waals surface area contributed by atoms with E-state index in [0.29, 0.717) is 22.5 Å². The molecule has 0 unspecified atom stereocenters. The molecular formula is C21H24ClFN2O4. The van der Waals surface area contributed by atoms with Crippen LogP contribution < -0.4 is 0 Å². The van der Waals surface area contributed by atoms with Crippen molar-refractivity contribution < 1.29 is 24.1 Å². The lowest BCUT2D eigenvalue weighted by Gasteiger charge is -2.15. The molecule has 0 bridgehead atoms. The summed E-state index contributed by atoms with van der Waals surface area (Å²) in [7, 11) is 1.23. The van der Waals surface area contributed by atoms with Crippen LogP contribution in [-0.2, 0) is 9.53 Å². The zero-order chi connectivity index (χ0) is 21.6. The number of esters is 1. The number of aromatic nitrogens is 2. The Kier molecular flexibility index (Phi) is 8.25. The van der Waals surface area contributed by atoms with Gasteiger partial charge < -0.3 is 14.9 Å². The zero-order valence-electron chi connectivity index (χ0n) is 16.5. The van der Waals surface area contributed by atoms with Crippen molar-refractivity contribution in [3.8, 4) is 11.3 Å². The van der Waals surface area contributed by atoms with Crippen molar-refractivity contribution in [1.82, 2.24) is 9.97 Å². The molecule has 0 radical (unpaired) electrons. The minimum atomic E-state index is -1.04. The van der Waals surface area contributed by atoms with E-state index in [-0.39, 0.29) is 29.9 Å². The SMILES string of the molecule is COC(=O)C[C@H](O)C[C@H](O)/C=C/c1c(-c2ccc(F)cc2)nc(Cl)nc1C(C)C. The molecule has 1 heterocycles. The van der Waals surface area contributed by atoms with Crippen molar-refractivity contribution in [3.63, 3.8) is 0 Å². The molecule has 1 aromatic carbocycles. The quantitative estimate of drug-likeness (QED) is 0.497. The van der Waals surface area contributed by atoms with Gasteiger partial charge in [0.2, 0.25) is 5.28 Å². The fourth-order valence-corrected chi connectivity index (χ4v) is 2.99. The second kappa shape index (κ2) is 10.4. The number of rotatable bonds is 8. The Morgan fingerprint density at radius 3 is 2.48 bits per heavy atom. The van der Waals surface area contributed by atoms with Crippen LogP contribution in [-0.4, -0.2) is 45.5 Å². The van der Waals surface area contributed by atoms with Gasteiger partial charge in [-0.2, -0.15) is 0 Å². The molecule has 0 spiro atoms. The lowest BCUT2D eigenvalue weighted by Crippen LogP contribution is -2.20. The summed E-state index contributed by atoms with van der Waals surface area (Å²) in [6.45, 7) is 3.89. The van der Waals surface area contributed by atoms with Gasteiger partial charge in [-0.1, -0.05) is 26.0 Å². The number of benzene rings is 1. The molecule has 29 heavy (non-hydrogen) atoms. The minimum absolute atomic E-state index is 0.0106. The molecule has 1 aromatic heterocycles. The van der Waals surface area contributed by atoms with Crippen molar-refractivity contribution in [2.24, 2.45) is 0 Å². The fourth-order valence-electron chi connectivity index (χ4n) is 2.81. The van der Waals surface area contributed by atoms with Crippen LogP contribution in [0.15, 0.2) is 30.3 Å². The summed E-state index contributed by atoms with van der Waals surface area (Å²) in [5.41, 5.74) is 2.46. The third-order valence-electron chi connectivity index (χ3n) is 4.24. The van der Waals surface area contributed by atoms with Gasteiger partial charge in [-0.05, 0) is 41.8 Å². The van der Waals surface area contributed by atoms with Gasteiger partial charge in [0, 0.05) is 17.5 Å². The van der Waals surface area contributed by atoms with E-state index in [2.05, 4.69) is 14.7 Å². The molecule has 2 atom stereocenters. The molecule has 2 N–H and O–H groups in total. The van der Waals surface area contributed by atoms with Gasteiger partial charge in [-0.3, -0.25) is 4.79 Å². The Bertz CT molecular complexity index is 872. The van der Waals surface area contributed by atoms with E-state index in [1.807, 2.05) is 13.8 Å². The molecule has 0 saturated heterocycles. The number of ether oxygens (including phenoxy) is 1. The Hall–Kier alpha value is -2.35. The first-order valence-electron chi connectivity index (χ1n) is 9.15. The second-order valence-electron chi connectivity index (χ2n) is 6.90. The Balaban J connectivity index is 2.35. The second-order valence-corrected chi connectivity index (χ2v) is 7.24. The normalized spacial score (nSPS) is 13.7. The largest absolute Gasteiger partial charge is 0.469 e. The Morgan fingerprint density at radius 2 is 1.90 bits per heavy atom. The van der Waals surface area contributed by atoms with Crippen LogP contribution in [0.5, 0.6) is 0 Å². The monoisotopic (exact) mass is 422 g/mol. The number of nitrogens with zero attached hydrogens (tertiary/aromatic N) is 2. The number of hydrogen-bond donors (Lipinski definition) is 2. The molecule has 6 nitrogen and oxygen atoms in total. The molecule has 0 aliphatic rings. The van der Waals surface area contributed by atoms with E-state index >= 15 is 0 Å². The zero-order valence-corrected chi connectivity index (χ0v) is 17.2. The van der Waals surface area contributed by atoms with Gasteiger partial charge in [0.25, 0.3) is 0 Å². The topological polar surface area (TPSA) is 92.5 Å². The number of methoxy groups -OCH3 is 1. The number of hydrogen-bond acceptors (Lipinski definition) is 6. The molecule has 8 heteroatoms. The maximum Gasteiger partial charge on any atom is 0.308 e. The number of aliphatic hydroxyl groups excluding tert-OH is 2. The summed E-state index contributed by atoms with van der Waals surface area (Å²) in [5.74, 6) is -0.915. The summed E-state index contributed by atoms with van der Waals surface area (Å²) in [4.78, 5) is 19.8. The lowest BCUT2D eigenvalue weighted by atomic mass is 9.97. The first kappa shape index (κ1) is 22.9. The molecule has 0 aliphatic carbocycles. The fraction of sp³-hybridized carbons (Fsp3) is 0.381. The van der Waals surface area contributed by atoms with Crippen molar-refractivity contribution >= 4 is 23.6 Å². The predicted molar refractivity (Wildman–Crippen MR) is 109 cm³/mol. The number of carbonyl (C=O) groups excluding carboxylic acids is 1. The van der Waals surface area contributed by atoms with Crippen LogP contribution in [0.3, 0.4) is 0 Å². The molecule has 0 saturated carbocycles. The smallest absolute Gasteiger partial charge is 0.308 e. The van der Waals surface area contributed by atoms with E-state index in [1.165, 1.54) is 25.3 Å². The van der Waals surface area contributed by atoms with Crippen LogP contribution in [0.1, 0.15) is 43.9 Å². The van der Waals surface area contributed by atoms with Crippen LogP contribution >= 0.6 is 11.6 Å². The van der Waals surface area contributed by atoms with Gasteiger partial charge in [-0.15, -0.1) is 0 Å². The summed E-state index contributed by atoms with van der Waals surface area (Å²) < 4.78 is 17.8. The molecule has 156 valence electrons. The molecule has 0 amide bonds. The highest BCUT2D eigenvalue weighted by molar-refractivity contribution is 6.28. The van der Waals surface area contributed by atoms with E-state index in [0.717, 1.165) is 0 Å². The third-order valence-corrected chi connectivity index (χ3v) is 4.41. The maximum atomic E-state index is 13.3. The molecular weight excluding hydrogens is 399 g/mol. The van der Waals surface area contributed by atoms with Gasteiger partial charge in [-0.25, -0.2) is 14.4 Å². The van der Waals surface area contributed by atoms with E-state index in [4.69, 9.17) is 11.6 Å². The molecule has 0 fully saturated rings. The third kappa shape index (κ3) is 6.59. The molecule has 2 rings (SSSR count). The van der Waals surface area contributed by atoms with E-state index in [1.54, 1.807) is 18.2 Å². The number of carbonyl (C=O) groups is 1. The van der Waals surface area contributed by atoms with Crippen LogP contribution in [0, 0.1) is 5.82 Å². The van der Waals surface area contributed by atoms with Gasteiger partial charge in [0.1, 0.15) is 5.82 Å². The minimum Gasteiger partial charge on any atom is -0.469 e. The van der Waals surface area contributed by atoms with E-state index in [9.17, 15) is 19.4 Å². The average Bonchev–Trinajstić information content (AvgIpc) is 2.66. The number of halogens is 2. The van der Waals surface area contributed by atoms with Crippen LogP contribution in [0.2, 0.25) is 5.28 Å². The summed E-state index contributed by atoms with van der Waals surface area (Å²) in [6.07, 6.45) is 0.856. The van der Waals surface area contributed by atoms with Crippen molar-refractivity contribution in [2.45, 2.75) is 44.8 Å². The number of aliphatic hydroxyl groups is 2. The highest BCUT2D eigenvalue weighted by Gasteiger charge is 2.18. The highest BCUT2D eigenvalue weighted by Crippen LogP contribution is 2.30. The lowest BCUT2D eigenvalue weighted by molar-refractivity contribution is -0.143. The van der Waals surface area contributed by atoms with Crippen LogP contribution in [0.25, 0.3) is 17.3 Å². The Morgan fingerprint density at radius 1 is 1.24 bits per heavy atom. The van der Waals surface area contributed by atoms with Gasteiger partial charge >= 0.3 is 5.97 Å². The van der Waals surface area contributed by atoms with Crippen molar-refractivity contribution in [2.75, 3.05) is 7.11 Å². The summed E-state index contributed by atoms with van der Waals surface area (Å²) >= 11 is 6.09.